The van der Waals surface area contributed by atoms with E-state index in [9.17, 15) is 13.2 Å². The quantitative estimate of drug-likeness (QED) is 0.365. The summed E-state index contributed by atoms with van der Waals surface area (Å²) in [5.41, 5.74) is 4.01. The third-order valence-corrected chi connectivity index (χ3v) is 8.71. The Morgan fingerprint density at radius 3 is 2.23 bits per heavy atom. The van der Waals surface area contributed by atoms with Gasteiger partial charge in [-0.05, 0) is 67.4 Å². The number of sulfonamides is 1. The molecule has 1 aliphatic heterocycles. The molecule has 39 heavy (non-hydrogen) atoms. The van der Waals surface area contributed by atoms with Crippen molar-refractivity contribution in [3.63, 3.8) is 0 Å². The molecule has 0 unspecified atom stereocenters. The van der Waals surface area contributed by atoms with Gasteiger partial charge in [0.05, 0.1) is 5.56 Å². The normalized spacial score (nSPS) is 14.3. The summed E-state index contributed by atoms with van der Waals surface area (Å²) in [7, 11) is -2.38. The Bertz CT molecular complexity index is 1580. The summed E-state index contributed by atoms with van der Waals surface area (Å²) in [6.07, 6.45) is 1.43. The zero-order chi connectivity index (χ0) is 27.6. The number of benzene rings is 3. The van der Waals surface area contributed by atoms with Crippen molar-refractivity contribution in [1.82, 2.24) is 14.1 Å². The van der Waals surface area contributed by atoms with Crippen LogP contribution >= 0.6 is 0 Å². The lowest BCUT2D eigenvalue weighted by molar-refractivity contribution is 0.102. The number of amides is 1. The summed E-state index contributed by atoms with van der Waals surface area (Å²) in [5.74, 6) is 0.769. The van der Waals surface area contributed by atoms with Crippen LogP contribution in [-0.2, 0) is 17.1 Å². The van der Waals surface area contributed by atoms with E-state index in [1.54, 1.807) is 31.3 Å². The maximum Gasteiger partial charge on any atom is 0.263 e. The predicted octanol–water partition coefficient (Wildman–Crippen LogP) is 4.59. The number of hydrogen-bond donors (Lipinski definition) is 1. The molecule has 0 radical (unpaired) electrons. The first kappa shape index (κ1) is 26.5. The molecule has 4 aromatic rings. The molecule has 1 aliphatic rings. The fourth-order valence-corrected chi connectivity index (χ4v) is 6.16. The first-order valence-corrected chi connectivity index (χ1v) is 14.2. The highest BCUT2D eigenvalue weighted by atomic mass is 32.2. The van der Waals surface area contributed by atoms with Gasteiger partial charge in [-0.1, -0.05) is 30.3 Å². The van der Waals surface area contributed by atoms with Gasteiger partial charge in [-0.2, -0.15) is 9.40 Å². The Kier molecular flexibility index (Phi) is 7.40. The summed E-state index contributed by atoms with van der Waals surface area (Å²) in [6.45, 7) is 5.85. The van der Waals surface area contributed by atoms with Crippen LogP contribution in [0.5, 0.6) is 11.5 Å². The SMILES string of the molecule is Cc1cccc(N2CCN(S(=O)(=O)c3nn(C)cc3C(=O)Nc3ccc(Oc4ccccc4)cc3)CC2)c1C. The highest BCUT2D eigenvalue weighted by Gasteiger charge is 2.34. The van der Waals surface area contributed by atoms with E-state index in [1.807, 2.05) is 36.4 Å². The lowest BCUT2D eigenvalue weighted by Gasteiger charge is -2.36. The molecular weight excluding hydrogens is 514 g/mol. The number of nitrogens with zero attached hydrogens (tertiary/aromatic N) is 4. The van der Waals surface area contributed by atoms with Crippen LogP contribution < -0.4 is 15.0 Å². The molecular formula is C29H31N5O4S. The Balaban J connectivity index is 1.28. The van der Waals surface area contributed by atoms with Crippen LogP contribution in [0.15, 0.2) is 84.0 Å². The van der Waals surface area contributed by atoms with Gasteiger partial charge >= 0.3 is 0 Å². The highest BCUT2D eigenvalue weighted by Crippen LogP contribution is 2.27. The molecule has 0 saturated carbocycles. The topological polar surface area (TPSA) is 96.8 Å². The number of para-hydroxylation sites is 1. The third-order valence-electron chi connectivity index (χ3n) is 6.87. The molecule has 0 bridgehead atoms. The van der Waals surface area contributed by atoms with Gasteiger partial charge in [0, 0.05) is 50.8 Å². The third kappa shape index (κ3) is 5.67. The molecule has 202 valence electrons. The lowest BCUT2D eigenvalue weighted by Crippen LogP contribution is -2.49. The van der Waals surface area contributed by atoms with Gasteiger partial charge in [0.15, 0.2) is 0 Å². The minimum atomic E-state index is -3.98. The fourth-order valence-electron chi connectivity index (χ4n) is 4.61. The molecule has 9 nitrogen and oxygen atoms in total. The summed E-state index contributed by atoms with van der Waals surface area (Å²) in [4.78, 5) is 15.4. The number of aryl methyl sites for hydroxylation is 2. The monoisotopic (exact) mass is 545 g/mol. The van der Waals surface area contributed by atoms with E-state index in [0.29, 0.717) is 43.4 Å². The second-order valence-corrected chi connectivity index (χ2v) is 11.4. The molecule has 10 heteroatoms. The Morgan fingerprint density at radius 1 is 0.872 bits per heavy atom. The lowest BCUT2D eigenvalue weighted by atomic mass is 10.1. The van der Waals surface area contributed by atoms with Crippen molar-refractivity contribution in [1.29, 1.82) is 0 Å². The maximum atomic E-state index is 13.6. The molecule has 5 rings (SSSR count). The second-order valence-electron chi connectivity index (χ2n) is 9.53. The Morgan fingerprint density at radius 2 is 1.54 bits per heavy atom. The number of carbonyl (C=O) groups excluding carboxylic acids is 1. The molecule has 1 N–H and O–H groups in total. The highest BCUT2D eigenvalue weighted by molar-refractivity contribution is 7.89. The number of hydrogen-bond acceptors (Lipinski definition) is 6. The van der Waals surface area contributed by atoms with Gasteiger partial charge in [0.1, 0.15) is 11.5 Å². The number of nitrogens with one attached hydrogen (secondary N) is 1. The standard InChI is InChI=1S/C29H31N5O4S/c1-21-8-7-11-27(22(21)2)33-16-18-34(19-17-33)39(36,37)29-26(20-32(3)31-29)28(35)30-23-12-14-25(15-13-23)38-24-9-5-4-6-10-24/h4-15,20H,16-19H2,1-3H3,(H,30,35). The molecule has 1 saturated heterocycles. The fraction of sp³-hybridized carbons (Fsp3) is 0.241. The largest absolute Gasteiger partial charge is 0.457 e. The molecule has 0 spiro atoms. The zero-order valence-corrected chi connectivity index (χ0v) is 23.0. The van der Waals surface area contributed by atoms with Crippen molar-refractivity contribution in [2.24, 2.45) is 7.05 Å². The second kappa shape index (κ2) is 10.9. The first-order chi connectivity index (χ1) is 18.7. The van der Waals surface area contributed by atoms with Crippen LogP contribution in [0.25, 0.3) is 0 Å². The smallest absolute Gasteiger partial charge is 0.263 e. The molecule has 1 aromatic heterocycles. The van der Waals surface area contributed by atoms with Gasteiger partial charge in [-0.3, -0.25) is 9.48 Å². The van der Waals surface area contributed by atoms with E-state index >= 15 is 0 Å². The number of aromatic nitrogens is 2. The van der Waals surface area contributed by atoms with Crippen molar-refractivity contribution in [3.05, 3.63) is 95.7 Å². The van der Waals surface area contributed by atoms with Crippen LogP contribution in [0, 0.1) is 13.8 Å². The Hall–Kier alpha value is -4.15. The number of rotatable bonds is 7. The summed E-state index contributed by atoms with van der Waals surface area (Å²) >= 11 is 0. The summed E-state index contributed by atoms with van der Waals surface area (Å²) in [5, 5.41) is 6.71. The van der Waals surface area contributed by atoms with Crippen molar-refractivity contribution < 1.29 is 17.9 Å². The summed E-state index contributed by atoms with van der Waals surface area (Å²) in [6, 6.07) is 22.4. The minimum absolute atomic E-state index is 0.000861. The average molecular weight is 546 g/mol. The molecule has 0 atom stereocenters. The van der Waals surface area contributed by atoms with E-state index < -0.39 is 15.9 Å². The number of carbonyl (C=O) groups is 1. The van der Waals surface area contributed by atoms with E-state index in [1.165, 1.54) is 26.3 Å². The van der Waals surface area contributed by atoms with Crippen LogP contribution in [-0.4, -0.2) is 54.6 Å². The summed E-state index contributed by atoms with van der Waals surface area (Å²) < 4.78 is 35.7. The predicted molar refractivity (Wildman–Crippen MR) is 151 cm³/mol. The number of piperazine rings is 1. The van der Waals surface area contributed by atoms with Gasteiger partial charge in [0.2, 0.25) is 5.03 Å². The van der Waals surface area contributed by atoms with Gasteiger partial charge in [-0.15, -0.1) is 0 Å². The van der Waals surface area contributed by atoms with Crippen LogP contribution in [0.2, 0.25) is 0 Å². The molecule has 2 heterocycles. The maximum absolute atomic E-state index is 13.6. The molecule has 1 fully saturated rings. The van der Waals surface area contributed by atoms with Crippen molar-refractivity contribution in [2.45, 2.75) is 18.9 Å². The number of ether oxygens (including phenoxy) is 1. The van der Waals surface area contributed by atoms with Crippen molar-refractivity contribution in [3.8, 4) is 11.5 Å². The van der Waals surface area contributed by atoms with Crippen LogP contribution in [0.1, 0.15) is 21.5 Å². The van der Waals surface area contributed by atoms with E-state index in [2.05, 4.69) is 41.3 Å². The van der Waals surface area contributed by atoms with Gasteiger partial charge < -0.3 is 15.0 Å². The first-order valence-electron chi connectivity index (χ1n) is 12.7. The van der Waals surface area contributed by atoms with Crippen LogP contribution in [0.3, 0.4) is 0 Å². The Labute approximate surface area is 228 Å². The van der Waals surface area contributed by atoms with E-state index in [-0.39, 0.29) is 10.6 Å². The van der Waals surface area contributed by atoms with E-state index in [4.69, 9.17) is 4.74 Å². The minimum Gasteiger partial charge on any atom is -0.457 e. The molecule has 3 aromatic carbocycles. The van der Waals surface area contributed by atoms with Gasteiger partial charge in [-0.25, -0.2) is 8.42 Å². The van der Waals surface area contributed by atoms with Gasteiger partial charge in [0.25, 0.3) is 15.9 Å². The molecule has 1 amide bonds. The van der Waals surface area contributed by atoms with Crippen molar-refractivity contribution >= 4 is 27.3 Å². The van der Waals surface area contributed by atoms with Crippen molar-refractivity contribution in [2.75, 3.05) is 36.4 Å². The number of anilines is 2. The van der Waals surface area contributed by atoms with Crippen LogP contribution in [0.4, 0.5) is 11.4 Å². The average Bonchev–Trinajstić information content (AvgIpc) is 3.35. The zero-order valence-electron chi connectivity index (χ0n) is 22.2. The molecule has 0 aliphatic carbocycles. The van der Waals surface area contributed by atoms with E-state index in [0.717, 1.165) is 5.69 Å².